The van der Waals surface area contributed by atoms with E-state index in [0.29, 0.717) is 12.0 Å². The molecule has 2 N–H and O–H groups in total. The molecule has 0 aromatic rings. The van der Waals surface area contributed by atoms with E-state index in [-0.39, 0.29) is 0 Å². The molecule has 0 spiro atoms. The highest BCUT2D eigenvalue weighted by atomic mass is 16.3. The van der Waals surface area contributed by atoms with Gasteiger partial charge in [-0.1, -0.05) is 25.7 Å². The molecule has 1 saturated heterocycles. The Bertz CT molecular complexity index is 249. The van der Waals surface area contributed by atoms with Crippen molar-refractivity contribution in [3.63, 3.8) is 0 Å². The molecular weight excluding hydrogens is 236 g/mol. The summed E-state index contributed by atoms with van der Waals surface area (Å²) in [5.41, 5.74) is 0.513. The molecule has 1 aliphatic heterocycles. The molecule has 2 fully saturated rings. The standard InChI is InChI=1S/C16H32N2O/c1-17-13-16(8-4-2-3-5-9-16)14-18-10-6-15(12-18)7-11-19/h15,17,19H,2-14H2,1H3. The Morgan fingerprint density at radius 2 is 1.95 bits per heavy atom. The van der Waals surface area contributed by atoms with Crippen molar-refractivity contribution in [3.05, 3.63) is 0 Å². The Labute approximate surface area is 118 Å². The second-order valence-corrected chi connectivity index (χ2v) is 6.85. The summed E-state index contributed by atoms with van der Waals surface area (Å²) in [6.45, 7) is 5.27. The summed E-state index contributed by atoms with van der Waals surface area (Å²) >= 11 is 0. The summed E-state index contributed by atoms with van der Waals surface area (Å²) in [6, 6.07) is 0. The molecule has 3 heteroatoms. The molecule has 1 unspecified atom stereocenters. The monoisotopic (exact) mass is 268 g/mol. The summed E-state index contributed by atoms with van der Waals surface area (Å²) in [5, 5.41) is 12.5. The Hall–Kier alpha value is -0.120. The van der Waals surface area contributed by atoms with Crippen LogP contribution in [0.25, 0.3) is 0 Å². The van der Waals surface area contributed by atoms with Crippen molar-refractivity contribution < 1.29 is 5.11 Å². The van der Waals surface area contributed by atoms with Crippen LogP contribution in [0.2, 0.25) is 0 Å². The molecule has 0 aromatic heterocycles. The molecule has 0 aromatic carbocycles. The van der Waals surface area contributed by atoms with Crippen LogP contribution in [0.15, 0.2) is 0 Å². The van der Waals surface area contributed by atoms with Gasteiger partial charge < -0.3 is 15.3 Å². The maximum atomic E-state index is 9.08. The highest BCUT2D eigenvalue weighted by Gasteiger charge is 2.34. The number of aliphatic hydroxyl groups excluding tert-OH is 1. The molecule has 1 saturated carbocycles. The van der Waals surface area contributed by atoms with Crippen LogP contribution < -0.4 is 5.32 Å². The third kappa shape index (κ3) is 4.44. The van der Waals surface area contributed by atoms with E-state index >= 15 is 0 Å². The van der Waals surface area contributed by atoms with Crippen molar-refractivity contribution in [2.75, 3.05) is 39.8 Å². The lowest BCUT2D eigenvalue weighted by atomic mass is 9.79. The van der Waals surface area contributed by atoms with Gasteiger partial charge in [0.05, 0.1) is 0 Å². The normalized spacial score (nSPS) is 28.4. The van der Waals surface area contributed by atoms with Gasteiger partial charge in [0.25, 0.3) is 0 Å². The van der Waals surface area contributed by atoms with E-state index in [4.69, 9.17) is 5.11 Å². The van der Waals surface area contributed by atoms with Gasteiger partial charge in [0.15, 0.2) is 0 Å². The van der Waals surface area contributed by atoms with Gasteiger partial charge in [-0.25, -0.2) is 0 Å². The van der Waals surface area contributed by atoms with E-state index in [9.17, 15) is 0 Å². The molecular formula is C16H32N2O. The summed E-state index contributed by atoms with van der Waals surface area (Å²) in [4.78, 5) is 2.67. The maximum Gasteiger partial charge on any atom is 0.0434 e. The van der Waals surface area contributed by atoms with Gasteiger partial charge in [-0.15, -0.1) is 0 Å². The van der Waals surface area contributed by atoms with E-state index in [1.807, 2.05) is 0 Å². The fraction of sp³-hybridized carbons (Fsp3) is 1.00. The molecule has 0 radical (unpaired) electrons. The molecule has 1 aliphatic carbocycles. The van der Waals surface area contributed by atoms with Crippen LogP contribution in [-0.2, 0) is 0 Å². The van der Waals surface area contributed by atoms with Gasteiger partial charge in [0.1, 0.15) is 0 Å². The van der Waals surface area contributed by atoms with Crippen molar-refractivity contribution >= 4 is 0 Å². The lowest BCUT2D eigenvalue weighted by Crippen LogP contribution is -2.42. The van der Waals surface area contributed by atoms with Crippen LogP contribution in [-0.4, -0.2) is 49.8 Å². The Morgan fingerprint density at radius 3 is 2.58 bits per heavy atom. The lowest BCUT2D eigenvalue weighted by molar-refractivity contribution is 0.143. The fourth-order valence-corrected chi connectivity index (χ4v) is 4.19. The maximum absolute atomic E-state index is 9.08. The third-order valence-corrected chi connectivity index (χ3v) is 5.18. The summed E-state index contributed by atoms with van der Waals surface area (Å²) in [7, 11) is 2.10. The quantitative estimate of drug-likeness (QED) is 0.725. The summed E-state index contributed by atoms with van der Waals surface area (Å²) in [6.07, 6.45) is 10.8. The first-order valence-electron chi connectivity index (χ1n) is 8.26. The summed E-state index contributed by atoms with van der Waals surface area (Å²) < 4.78 is 0. The molecule has 0 amide bonds. The van der Waals surface area contributed by atoms with Crippen LogP contribution in [0.1, 0.15) is 51.4 Å². The molecule has 19 heavy (non-hydrogen) atoms. The van der Waals surface area contributed by atoms with E-state index in [2.05, 4.69) is 17.3 Å². The van der Waals surface area contributed by atoms with E-state index < -0.39 is 0 Å². The number of likely N-dealkylation sites (tertiary alicyclic amines) is 1. The Morgan fingerprint density at radius 1 is 1.21 bits per heavy atom. The van der Waals surface area contributed by atoms with Crippen LogP contribution in [0.4, 0.5) is 0 Å². The van der Waals surface area contributed by atoms with Crippen molar-refractivity contribution in [1.29, 1.82) is 0 Å². The first-order chi connectivity index (χ1) is 9.28. The highest BCUT2D eigenvalue weighted by molar-refractivity contribution is 4.89. The average Bonchev–Trinajstić information content (AvgIpc) is 2.69. The lowest BCUT2D eigenvalue weighted by Gasteiger charge is -2.36. The van der Waals surface area contributed by atoms with Crippen LogP contribution in [0.5, 0.6) is 0 Å². The van der Waals surface area contributed by atoms with Crippen molar-refractivity contribution in [2.24, 2.45) is 11.3 Å². The third-order valence-electron chi connectivity index (χ3n) is 5.18. The largest absolute Gasteiger partial charge is 0.396 e. The molecule has 0 bridgehead atoms. The molecule has 112 valence electrons. The molecule has 1 heterocycles. The number of hydrogen-bond acceptors (Lipinski definition) is 3. The van der Waals surface area contributed by atoms with Crippen LogP contribution in [0.3, 0.4) is 0 Å². The van der Waals surface area contributed by atoms with Crippen molar-refractivity contribution in [3.8, 4) is 0 Å². The number of rotatable bonds is 6. The summed E-state index contributed by atoms with van der Waals surface area (Å²) in [5.74, 6) is 0.738. The zero-order valence-electron chi connectivity index (χ0n) is 12.7. The van der Waals surface area contributed by atoms with E-state index in [0.717, 1.165) is 12.3 Å². The predicted molar refractivity (Wildman–Crippen MR) is 80.3 cm³/mol. The minimum Gasteiger partial charge on any atom is -0.396 e. The second-order valence-electron chi connectivity index (χ2n) is 6.85. The fourth-order valence-electron chi connectivity index (χ4n) is 4.19. The number of nitrogens with zero attached hydrogens (tertiary/aromatic N) is 1. The zero-order valence-corrected chi connectivity index (χ0v) is 12.7. The smallest absolute Gasteiger partial charge is 0.0434 e. The van der Waals surface area contributed by atoms with Gasteiger partial charge >= 0.3 is 0 Å². The first-order valence-corrected chi connectivity index (χ1v) is 8.26. The van der Waals surface area contributed by atoms with Crippen molar-refractivity contribution in [1.82, 2.24) is 10.2 Å². The minimum absolute atomic E-state index is 0.361. The molecule has 2 rings (SSSR count). The number of nitrogens with one attached hydrogen (secondary N) is 1. The van der Waals surface area contributed by atoms with Gasteiger partial charge in [-0.05, 0) is 50.6 Å². The Kier molecular flexibility index (Phi) is 6.11. The Balaban J connectivity index is 1.89. The van der Waals surface area contributed by atoms with Gasteiger partial charge in [-0.2, -0.15) is 0 Å². The van der Waals surface area contributed by atoms with Crippen molar-refractivity contribution in [2.45, 2.75) is 51.4 Å². The van der Waals surface area contributed by atoms with Gasteiger partial charge in [-0.3, -0.25) is 0 Å². The second kappa shape index (κ2) is 7.61. The topological polar surface area (TPSA) is 35.5 Å². The molecule has 2 aliphatic rings. The van der Waals surface area contributed by atoms with Gasteiger partial charge in [0, 0.05) is 26.2 Å². The number of aliphatic hydroxyl groups is 1. The van der Waals surface area contributed by atoms with E-state index in [1.54, 1.807) is 0 Å². The SMILES string of the molecule is CNCC1(CN2CCC(CCO)C2)CCCCCC1. The number of hydrogen-bond donors (Lipinski definition) is 2. The van der Waals surface area contributed by atoms with E-state index in [1.165, 1.54) is 71.1 Å². The van der Waals surface area contributed by atoms with Gasteiger partial charge in [0.2, 0.25) is 0 Å². The molecule has 1 atom stereocenters. The highest BCUT2D eigenvalue weighted by Crippen LogP contribution is 2.36. The predicted octanol–water partition coefficient (Wildman–Crippen LogP) is 2.25. The van der Waals surface area contributed by atoms with Crippen LogP contribution >= 0.6 is 0 Å². The average molecular weight is 268 g/mol. The zero-order chi connectivity index (χ0) is 13.6. The van der Waals surface area contributed by atoms with Crippen LogP contribution in [0, 0.1) is 11.3 Å². The minimum atomic E-state index is 0.361. The molecule has 3 nitrogen and oxygen atoms in total. The first kappa shape index (κ1) is 15.3.